The van der Waals surface area contributed by atoms with Crippen molar-refractivity contribution in [2.75, 3.05) is 0 Å². The molecule has 0 radical (unpaired) electrons. The number of benzene rings is 11. The summed E-state index contributed by atoms with van der Waals surface area (Å²) in [6.07, 6.45) is 0. The van der Waals surface area contributed by atoms with Crippen LogP contribution in [-0.4, -0.2) is 14.1 Å². The highest BCUT2D eigenvalue weighted by Crippen LogP contribution is 2.45. The molecule has 5 heteroatoms. The highest BCUT2D eigenvalue weighted by atomic mass is 32.1. The Kier molecular flexibility index (Phi) is 9.31. The highest BCUT2D eigenvalue weighted by Gasteiger charge is 2.19. The average molecular weight is 952 g/mol. The second kappa shape index (κ2) is 16.4. The summed E-state index contributed by atoms with van der Waals surface area (Å²) in [7, 11) is 0. The van der Waals surface area contributed by atoms with Gasteiger partial charge in [-0.3, -0.25) is 0 Å². The molecule has 0 amide bonds. The molecule has 11 aromatic carbocycles. The van der Waals surface area contributed by atoms with Crippen LogP contribution in [0.4, 0.5) is 0 Å². The van der Waals surface area contributed by atoms with Gasteiger partial charge in [0.2, 0.25) is 0 Å². The fraction of sp³-hybridized carbons (Fsp3) is 0. The molecule has 4 aromatic heterocycles. The van der Waals surface area contributed by atoms with Crippen molar-refractivity contribution in [3.63, 3.8) is 0 Å². The van der Waals surface area contributed by atoms with Gasteiger partial charge in [0.05, 0.1) is 32.3 Å². The standard InChI is InChI=1S/C67H41N3S2/c1-3-13-49(14-4-1)69-59-20-10-7-17-53(59)56-39-46(31-36-61(56)69)42-23-27-44(28-24-42)51-34-35-52(66-65(51)68-67(72-66)48-33-38-64-58(41-48)55-19-9-12-22-63(55)71-64)45-29-25-43(26-30-45)47-32-37-62-57(40-47)54-18-8-11-21-60(54)70(62)50-15-5-2-6-16-50/h1-41H. The molecule has 0 N–H and O–H groups in total. The number of rotatable bonds is 7. The van der Waals surface area contributed by atoms with Crippen molar-refractivity contribution in [2.24, 2.45) is 0 Å². The highest BCUT2D eigenvalue weighted by molar-refractivity contribution is 7.26. The molecule has 336 valence electrons. The van der Waals surface area contributed by atoms with Gasteiger partial charge in [-0.25, -0.2) is 4.98 Å². The van der Waals surface area contributed by atoms with E-state index in [-0.39, 0.29) is 0 Å². The van der Waals surface area contributed by atoms with Crippen molar-refractivity contribution < 1.29 is 0 Å². The van der Waals surface area contributed by atoms with Crippen molar-refractivity contribution in [3.05, 3.63) is 249 Å². The molecular weight excluding hydrogens is 911 g/mol. The number of fused-ring (bicyclic) bond motifs is 10. The van der Waals surface area contributed by atoms with E-state index < -0.39 is 0 Å². The fourth-order valence-electron chi connectivity index (χ4n) is 11.1. The Morgan fingerprint density at radius 3 is 1.31 bits per heavy atom. The number of aromatic nitrogens is 3. The quantitative estimate of drug-likeness (QED) is 0.156. The van der Waals surface area contributed by atoms with Crippen LogP contribution in [0.25, 0.3) is 140 Å². The third-order valence-corrected chi connectivity index (χ3v) is 16.9. The van der Waals surface area contributed by atoms with Gasteiger partial charge in [0.1, 0.15) is 5.01 Å². The predicted molar refractivity (Wildman–Crippen MR) is 308 cm³/mol. The summed E-state index contributed by atoms with van der Waals surface area (Å²) in [5.41, 5.74) is 18.7. The molecule has 4 heterocycles. The van der Waals surface area contributed by atoms with E-state index in [0.717, 1.165) is 27.2 Å². The number of para-hydroxylation sites is 4. The Bertz CT molecular complexity index is 4360. The lowest BCUT2D eigenvalue weighted by atomic mass is 9.95. The molecule has 0 saturated heterocycles. The molecular formula is C67H41N3S2. The average Bonchev–Trinajstić information content (AvgIpc) is 4.23. The van der Waals surface area contributed by atoms with Crippen molar-refractivity contribution >= 4 is 96.7 Å². The molecule has 15 aromatic rings. The van der Waals surface area contributed by atoms with E-state index >= 15 is 0 Å². The van der Waals surface area contributed by atoms with Gasteiger partial charge in [-0.1, -0.05) is 170 Å². The summed E-state index contributed by atoms with van der Waals surface area (Å²) < 4.78 is 8.53. The van der Waals surface area contributed by atoms with Crippen LogP contribution >= 0.6 is 22.7 Å². The Morgan fingerprint density at radius 2 is 0.708 bits per heavy atom. The summed E-state index contributed by atoms with van der Waals surface area (Å²) in [6.45, 7) is 0. The molecule has 0 bridgehead atoms. The molecule has 0 saturated carbocycles. The number of hydrogen-bond acceptors (Lipinski definition) is 3. The first-order valence-corrected chi connectivity index (χ1v) is 26.1. The first kappa shape index (κ1) is 41.0. The Labute approximate surface area is 423 Å². The zero-order valence-electron chi connectivity index (χ0n) is 38.8. The third-order valence-electron chi connectivity index (χ3n) is 14.6. The first-order valence-electron chi connectivity index (χ1n) is 24.4. The number of thiophene rings is 1. The summed E-state index contributed by atoms with van der Waals surface area (Å²) in [4.78, 5) is 5.55. The predicted octanol–water partition coefficient (Wildman–Crippen LogP) is 19.2. The van der Waals surface area contributed by atoms with E-state index in [1.807, 2.05) is 11.3 Å². The molecule has 0 aliphatic heterocycles. The molecule has 0 unspecified atom stereocenters. The van der Waals surface area contributed by atoms with Crippen LogP contribution < -0.4 is 0 Å². The minimum atomic E-state index is 1.02. The minimum absolute atomic E-state index is 1.02. The zero-order chi connectivity index (χ0) is 47.3. The zero-order valence-corrected chi connectivity index (χ0v) is 40.5. The van der Waals surface area contributed by atoms with Crippen LogP contribution in [0.1, 0.15) is 0 Å². The van der Waals surface area contributed by atoms with Gasteiger partial charge in [-0.2, -0.15) is 0 Å². The van der Waals surface area contributed by atoms with Gasteiger partial charge < -0.3 is 9.13 Å². The summed E-state index contributed by atoms with van der Waals surface area (Å²) in [5, 5.41) is 8.61. The summed E-state index contributed by atoms with van der Waals surface area (Å²) in [5.74, 6) is 0. The lowest BCUT2D eigenvalue weighted by Crippen LogP contribution is -1.92. The van der Waals surface area contributed by atoms with Crippen molar-refractivity contribution in [3.8, 4) is 66.5 Å². The smallest absolute Gasteiger partial charge is 0.124 e. The SMILES string of the molecule is c1ccc(-n2c3ccccc3c3cc(-c4ccc(-c5ccc(-c6ccc(-c7ccc8c(c7)c7ccccc7n8-c7ccccc7)cc6)c6sc(-c7ccc8sc9ccccc9c8c7)nc56)cc4)ccc32)cc1. The van der Waals surface area contributed by atoms with Crippen LogP contribution in [0.15, 0.2) is 249 Å². The Morgan fingerprint density at radius 1 is 0.278 bits per heavy atom. The number of nitrogens with zero attached hydrogens (tertiary/aromatic N) is 3. The van der Waals surface area contributed by atoms with Gasteiger partial charge >= 0.3 is 0 Å². The van der Waals surface area contributed by atoms with Crippen LogP contribution in [0, 0.1) is 0 Å². The maximum atomic E-state index is 5.55. The van der Waals surface area contributed by atoms with E-state index in [1.165, 1.54) is 113 Å². The number of thiazole rings is 1. The lowest BCUT2D eigenvalue weighted by molar-refractivity contribution is 1.18. The van der Waals surface area contributed by atoms with Gasteiger partial charge in [0, 0.05) is 69.8 Å². The van der Waals surface area contributed by atoms with Crippen molar-refractivity contribution in [1.82, 2.24) is 14.1 Å². The van der Waals surface area contributed by atoms with Gasteiger partial charge in [0.15, 0.2) is 0 Å². The van der Waals surface area contributed by atoms with Gasteiger partial charge in [0.25, 0.3) is 0 Å². The number of hydrogen-bond donors (Lipinski definition) is 0. The van der Waals surface area contributed by atoms with Crippen LogP contribution in [-0.2, 0) is 0 Å². The van der Waals surface area contributed by atoms with E-state index in [0.29, 0.717) is 0 Å². The van der Waals surface area contributed by atoms with Crippen LogP contribution in [0.3, 0.4) is 0 Å². The minimum Gasteiger partial charge on any atom is -0.309 e. The Hall–Kier alpha value is -8.87. The van der Waals surface area contributed by atoms with Gasteiger partial charge in [-0.15, -0.1) is 22.7 Å². The van der Waals surface area contributed by atoms with Gasteiger partial charge in [-0.05, 0) is 112 Å². The molecule has 0 aliphatic carbocycles. The molecule has 3 nitrogen and oxygen atoms in total. The molecule has 15 rings (SSSR count). The van der Waals surface area contributed by atoms with Crippen LogP contribution in [0.2, 0.25) is 0 Å². The fourth-order valence-corrected chi connectivity index (χ4v) is 13.4. The third kappa shape index (κ3) is 6.52. The maximum absolute atomic E-state index is 5.55. The van der Waals surface area contributed by atoms with E-state index in [9.17, 15) is 0 Å². The second-order valence-corrected chi connectivity index (χ2v) is 20.7. The Balaban J connectivity index is 0.825. The molecule has 0 spiro atoms. The molecule has 0 fully saturated rings. The normalized spacial score (nSPS) is 11.9. The van der Waals surface area contributed by atoms with Crippen LogP contribution in [0.5, 0.6) is 0 Å². The molecule has 0 aliphatic rings. The molecule has 0 atom stereocenters. The largest absolute Gasteiger partial charge is 0.309 e. The first-order chi connectivity index (χ1) is 35.7. The van der Waals surface area contributed by atoms with E-state index in [1.54, 1.807) is 11.3 Å². The summed E-state index contributed by atoms with van der Waals surface area (Å²) in [6, 6.07) is 90.9. The monoisotopic (exact) mass is 951 g/mol. The lowest BCUT2D eigenvalue weighted by Gasteiger charge is -2.11. The topological polar surface area (TPSA) is 22.8 Å². The second-order valence-electron chi connectivity index (χ2n) is 18.7. The molecule has 72 heavy (non-hydrogen) atoms. The summed E-state index contributed by atoms with van der Waals surface area (Å²) >= 11 is 3.64. The van der Waals surface area contributed by atoms with Crippen molar-refractivity contribution in [1.29, 1.82) is 0 Å². The maximum Gasteiger partial charge on any atom is 0.124 e. The van der Waals surface area contributed by atoms with E-state index in [2.05, 4.69) is 258 Å². The van der Waals surface area contributed by atoms with Crippen molar-refractivity contribution in [2.45, 2.75) is 0 Å². The van der Waals surface area contributed by atoms with E-state index in [4.69, 9.17) is 4.98 Å².